The molecule has 0 spiro atoms. The average molecular weight is 383 g/mol. The molecule has 1 N–H and O–H groups in total. The Bertz CT molecular complexity index is 922. The van der Waals surface area contributed by atoms with Crippen LogP contribution in [0.25, 0.3) is 11.3 Å². The van der Waals surface area contributed by atoms with Crippen molar-refractivity contribution < 1.29 is 14.3 Å². The fraction of sp³-hybridized carbons (Fsp3) is 0.250. The minimum Gasteiger partial charge on any atom is -0.496 e. The summed E-state index contributed by atoms with van der Waals surface area (Å²) in [6.07, 6.45) is 0. The molecule has 6 nitrogen and oxygen atoms in total. The summed E-state index contributed by atoms with van der Waals surface area (Å²) >= 11 is 1.72. The standard InChI is InChI=1S/C20H21N3O3S/c1-4-26-20(24)19-18(21-23-22-19)14-7-10-17(25-3)15(11-14)12-27-16-8-5-13(2)6-9-16/h5-11H,4,12H2,1-3H3,(H,21,22,23). The highest BCUT2D eigenvalue weighted by atomic mass is 32.2. The van der Waals surface area contributed by atoms with Crippen molar-refractivity contribution in [3.05, 3.63) is 59.3 Å². The summed E-state index contributed by atoms with van der Waals surface area (Å²) in [6, 6.07) is 14.1. The summed E-state index contributed by atoms with van der Waals surface area (Å²) in [7, 11) is 1.65. The molecule has 0 fully saturated rings. The molecule has 1 aromatic heterocycles. The quantitative estimate of drug-likeness (QED) is 0.485. The van der Waals surface area contributed by atoms with Gasteiger partial charge in [-0.05, 0) is 44.2 Å². The summed E-state index contributed by atoms with van der Waals surface area (Å²) in [5, 5.41) is 10.6. The van der Waals surface area contributed by atoms with Gasteiger partial charge in [0.1, 0.15) is 11.4 Å². The molecule has 27 heavy (non-hydrogen) atoms. The molecule has 0 unspecified atom stereocenters. The molecular weight excluding hydrogens is 362 g/mol. The highest BCUT2D eigenvalue weighted by Gasteiger charge is 2.20. The van der Waals surface area contributed by atoms with E-state index in [-0.39, 0.29) is 12.3 Å². The summed E-state index contributed by atoms with van der Waals surface area (Å²) in [4.78, 5) is 13.3. The van der Waals surface area contributed by atoms with E-state index in [1.54, 1.807) is 25.8 Å². The van der Waals surface area contributed by atoms with E-state index in [1.807, 2.05) is 18.2 Å². The van der Waals surface area contributed by atoms with Crippen LogP contribution >= 0.6 is 11.8 Å². The number of nitrogens with one attached hydrogen (secondary N) is 1. The zero-order valence-corrected chi connectivity index (χ0v) is 16.3. The molecule has 0 saturated heterocycles. The van der Waals surface area contributed by atoms with Crippen LogP contribution < -0.4 is 4.74 Å². The Morgan fingerprint density at radius 2 is 1.93 bits per heavy atom. The van der Waals surface area contributed by atoms with Gasteiger partial charge in [-0.2, -0.15) is 10.3 Å². The molecule has 0 atom stereocenters. The summed E-state index contributed by atoms with van der Waals surface area (Å²) in [5.74, 6) is 1.03. The summed E-state index contributed by atoms with van der Waals surface area (Å²) in [5.41, 5.74) is 3.68. The number of carbonyl (C=O) groups is 1. The van der Waals surface area contributed by atoms with Crippen LogP contribution in [0.5, 0.6) is 5.75 Å². The normalized spacial score (nSPS) is 10.6. The van der Waals surface area contributed by atoms with Crippen LogP contribution in [0.15, 0.2) is 47.4 Å². The number of hydrogen-bond donors (Lipinski definition) is 1. The number of aromatic nitrogens is 3. The lowest BCUT2D eigenvalue weighted by molar-refractivity contribution is 0.0520. The van der Waals surface area contributed by atoms with Gasteiger partial charge in [-0.15, -0.1) is 16.9 Å². The highest BCUT2D eigenvalue weighted by molar-refractivity contribution is 7.98. The number of methoxy groups -OCH3 is 1. The number of rotatable bonds is 7. The maximum atomic E-state index is 12.1. The Morgan fingerprint density at radius 3 is 2.63 bits per heavy atom. The lowest BCUT2D eigenvalue weighted by Gasteiger charge is -2.10. The Labute approximate surface area is 162 Å². The molecular formula is C20H21N3O3S. The first-order valence-corrected chi connectivity index (χ1v) is 9.55. The monoisotopic (exact) mass is 383 g/mol. The SMILES string of the molecule is CCOC(=O)c1n[nH]nc1-c1ccc(OC)c(CSc2ccc(C)cc2)c1. The van der Waals surface area contributed by atoms with Crippen molar-refractivity contribution in [1.29, 1.82) is 0 Å². The van der Waals surface area contributed by atoms with E-state index in [1.165, 1.54) is 10.5 Å². The number of carbonyl (C=O) groups excluding carboxylic acids is 1. The minimum atomic E-state index is -0.493. The van der Waals surface area contributed by atoms with E-state index < -0.39 is 5.97 Å². The highest BCUT2D eigenvalue weighted by Crippen LogP contribution is 2.32. The fourth-order valence-corrected chi connectivity index (χ4v) is 3.48. The maximum Gasteiger partial charge on any atom is 0.361 e. The van der Waals surface area contributed by atoms with E-state index in [4.69, 9.17) is 9.47 Å². The van der Waals surface area contributed by atoms with Crippen LogP contribution in [0.1, 0.15) is 28.5 Å². The Kier molecular flexibility index (Phi) is 6.13. The molecule has 0 aliphatic rings. The molecule has 0 aliphatic heterocycles. The van der Waals surface area contributed by atoms with Gasteiger partial charge >= 0.3 is 5.97 Å². The average Bonchev–Trinajstić information content (AvgIpc) is 3.17. The van der Waals surface area contributed by atoms with Gasteiger partial charge < -0.3 is 9.47 Å². The zero-order chi connectivity index (χ0) is 19.2. The Morgan fingerprint density at radius 1 is 1.15 bits per heavy atom. The predicted molar refractivity (Wildman–Crippen MR) is 105 cm³/mol. The van der Waals surface area contributed by atoms with Gasteiger partial charge in [-0.25, -0.2) is 4.79 Å². The van der Waals surface area contributed by atoms with Crippen LogP contribution in [0.2, 0.25) is 0 Å². The number of H-pyrrole nitrogens is 1. The molecule has 3 rings (SSSR count). The number of nitrogens with zero attached hydrogens (tertiary/aromatic N) is 2. The molecule has 0 saturated carbocycles. The number of benzene rings is 2. The zero-order valence-electron chi connectivity index (χ0n) is 15.5. The van der Waals surface area contributed by atoms with Gasteiger partial charge in [0.15, 0.2) is 5.69 Å². The van der Waals surface area contributed by atoms with E-state index in [0.29, 0.717) is 5.69 Å². The lowest BCUT2D eigenvalue weighted by atomic mass is 10.1. The fourth-order valence-electron chi connectivity index (χ4n) is 2.61. The van der Waals surface area contributed by atoms with Crippen LogP contribution in [-0.2, 0) is 10.5 Å². The van der Waals surface area contributed by atoms with Crippen molar-refractivity contribution in [2.24, 2.45) is 0 Å². The van der Waals surface area contributed by atoms with Gasteiger partial charge in [0.2, 0.25) is 0 Å². The van der Waals surface area contributed by atoms with Crippen LogP contribution in [0.4, 0.5) is 0 Å². The molecule has 1 heterocycles. The molecule has 3 aromatic rings. The van der Waals surface area contributed by atoms with E-state index >= 15 is 0 Å². The van der Waals surface area contributed by atoms with Gasteiger partial charge in [0.05, 0.1) is 13.7 Å². The van der Waals surface area contributed by atoms with Crippen LogP contribution in [0.3, 0.4) is 0 Å². The second-order valence-corrected chi connectivity index (χ2v) is 6.92. The third-order valence-electron chi connectivity index (χ3n) is 3.99. The first-order chi connectivity index (χ1) is 13.1. The maximum absolute atomic E-state index is 12.1. The van der Waals surface area contributed by atoms with Gasteiger partial charge in [0.25, 0.3) is 0 Å². The first-order valence-electron chi connectivity index (χ1n) is 8.57. The van der Waals surface area contributed by atoms with Crippen LogP contribution in [-0.4, -0.2) is 35.1 Å². The Hall–Kier alpha value is -2.80. The summed E-state index contributed by atoms with van der Waals surface area (Å²) in [6.45, 7) is 4.11. The largest absolute Gasteiger partial charge is 0.496 e. The minimum absolute atomic E-state index is 0.180. The van der Waals surface area contributed by atoms with E-state index in [2.05, 4.69) is 46.6 Å². The van der Waals surface area contributed by atoms with Crippen molar-refractivity contribution in [3.63, 3.8) is 0 Å². The number of hydrogen-bond acceptors (Lipinski definition) is 6. The molecule has 0 amide bonds. The molecule has 0 aliphatic carbocycles. The topological polar surface area (TPSA) is 77.1 Å². The number of aryl methyl sites for hydroxylation is 1. The van der Waals surface area contributed by atoms with Crippen molar-refractivity contribution >= 4 is 17.7 Å². The molecule has 7 heteroatoms. The number of thioether (sulfide) groups is 1. The smallest absolute Gasteiger partial charge is 0.361 e. The molecule has 140 valence electrons. The van der Waals surface area contributed by atoms with Crippen molar-refractivity contribution in [1.82, 2.24) is 15.4 Å². The van der Waals surface area contributed by atoms with Gasteiger partial charge in [-0.3, -0.25) is 0 Å². The van der Waals surface area contributed by atoms with Crippen molar-refractivity contribution in [2.75, 3.05) is 13.7 Å². The van der Waals surface area contributed by atoms with Gasteiger partial charge in [0, 0.05) is 21.8 Å². The predicted octanol–water partition coefficient (Wildman–Crippen LogP) is 4.26. The number of esters is 1. The van der Waals surface area contributed by atoms with Crippen LogP contribution in [0, 0.1) is 6.92 Å². The summed E-state index contributed by atoms with van der Waals surface area (Å²) < 4.78 is 10.5. The van der Waals surface area contributed by atoms with E-state index in [9.17, 15) is 4.79 Å². The molecule has 0 radical (unpaired) electrons. The second-order valence-electron chi connectivity index (χ2n) is 5.87. The van der Waals surface area contributed by atoms with Gasteiger partial charge in [-0.1, -0.05) is 17.7 Å². The third-order valence-corrected chi connectivity index (χ3v) is 5.05. The third kappa shape index (κ3) is 4.49. The lowest BCUT2D eigenvalue weighted by Crippen LogP contribution is -2.06. The molecule has 0 bridgehead atoms. The number of ether oxygens (including phenoxy) is 2. The number of aromatic amines is 1. The van der Waals surface area contributed by atoms with E-state index in [0.717, 1.165) is 22.6 Å². The first kappa shape index (κ1) is 19.0. The van der Waals surface area contributed by atoms with Crippen molar-refractivity contribution in [3.8, 4) is 17.0 Å². The molecule has 2 aromatic carbocycles. The van der Waals surface area contributed by atoms with Crippen molar-refractivity contribution in [2.45, 2.75) is 24.5 Å². The second kappa shape index (κ2) is 8.73. The Balaban J connectivity index is 1.86.